The number of carbonyl (C=O) groups excluding carboxylic acids is 1. The van der Waals surface area contributed by atoms with Gasteiger partial charge >= 0.3 is 6.03 Å². The van der Waals surface area contributed by atoms with Crippen molar-refractivity contribution in [1.29, 1.82) is 0 Å². The number of carbonyl (C=O) groups is 1. The fraction of sp³-hybridized carbons (Fsp3) is 0.600. The minimum atomic E-state index is -0.467. The Kier molecular flexibility index (Phi) is 4.23. The predicted molar refractivity (Wildman–Crippen MR) is 63.9 cm³/mol. The van der Waals surface area contributed by atoms with Gasteiger partial charge in [0.05, 0.1) is 5.75 Å². The van der Waals surface area contributed by atoms with Crippen molar-refractivity contribution in [2.45, 2.75) is 24.9 Å². The Balaban J connectivity index is 2.82. The SMILES string of the molecule is CC(C)SCc1cc(=O)n(C(=O)N(C)C)o1. The van der Waals surface area contributed by atoms with Gasteiger partial charge in [-0.3, -0.25) is 4.79 Å². The lowest BCUT2D eigenvalue weighted by Crippen LogP contribution is -2.32. The van der Waals surface area contributed by atoms with Gasteiger partial charge < -0.3 is 9.42 Å². The minimum Gasteiger partial charge on any atom is -0.371 e. The van der Waals surface area contributed by atoms with Crippen LogP contribution in [0.15, 0.2) is 15.4 Å². The molecule has 0 aliphatic carbocycles. The molecule has 0 saturated carbocycles. The van der Waals surface area contributed by atoms with Gasteiger partial charge in [0.2, 0.25) is 0 Å². The summed E-state index contributed by atoms with van der Waals surface area (Å²) in [5.41, 5.74) is -0.418. The second-order valence-electron chi connectivity index (χ2n) is 3.87. The van der Waals surface area contributed by atoms with Crippen LogP contribution in [0.2, 0.25) is 0 Å². The van der Waals surface area contributed by atoms with Crippen LogP contribution >= 0.6 is 11.8 Å². The highest BCUT2D eigenvalue weighted by Crippen LogP contribution is 2.15. The number of amides is 1. The first-order chi connectivity index (χ1) is 7.41. The molecule has 0 N–H and O–H groups in total. The van der Waals surface area contributed by atoms with Crippen molar-refractivity contribution < 1.29 is 9.32 Å². The number of aromatic nitrogens is 1. The molecular weight excluding hydrogens is 228 g/mol. The average Bonchev–Trinajstić information content (AvgIpc) is 2.55. The molecule has 1 amide bonds. The van der Waals surface area contributed by atoms with Crippen LogP contribution in [0.25, 0.3) is 0 Å². The Morgan fingerprint density at radius 2 is 2.19 bits per heavy atom. The summed E-state index contributed by atoms with van der Waals surface area (Å²) in [6.45, 7) is 4.12. The van der Waals surface area contributed by atoms with Gasteiger partial charge in [0, 0.05) is 20.2 Å². The molecule has 1 aromatic rings. The van der Waals surface area contributed by atoms with Crippen molar-refractivity contribution in [3.05, 3.63) is 22.2 Å². The second kappa shape index (κ2) is 5.25. The summed E-state index contributed by atoms with van der Waals surface area (Å²) in [5, 5.41) is 0.457. The van der Waals surface area contributed by atoms with Crippen molar-refractivity contribution >= 4 is 17.8 Å². The van der Waals surface area contributed by atoms with Crippen molar-refractivity contribution in [3.63, 3.8) is 0 Å². The first-order valence-electron chi connectivity index (χ1n) is 4.97. The zero-order chi connectivity index (χ0) is 12.3. The molecule has 1 aromatic heterocycles. The highest BCUT2D eigenvalue weighted by molar-refractivity contribution is 7.99. The molecule has 1 rings (SSSR count). The highest BCUT2D eigenvalue weighted by atomic mass is 32.2. The van der Waals surface area contributed by atoms with Gasteiger partial charge in [-0.2, -0.15) is 11.8 Å². The molecule has 0 saturated heterocycles. The van der Waals surface area contributed by atoms with E-state index in [-0.39, 0.29) is 0 Å². The molecule has 0 spiro atoms. The fourth-order valence-corrected chi connectivity index (χ4v) is 1.65. The molecule has 0 fully saturated rings. The third-order valence-electron chi connectivity index (χ3n) is 1.81. The maximum atomic E-state index is 11.5. The third-order valence-corrected chi connectivity index (χ3v) is 2.93. The molecule has 5 nitrogen and oxygen atoms in total. The summed E-state index contributed by atoms with van der Waals surface area (Å²) < 4.78 is 5.95. The first kappa shape index (κ1) is 12.9. The smallest absolute Gasteiger partial charge is 0.360 e. The summed E-state index contributed by atoms with van der Waals surface area (Å²) >= 11 is 1.66. The van der Waals surface area contributed by atoms with Crippen molar-refractivity contribution in [2.75, 3.05) is 14.1 Å². The van der Waals surface area contributed by atoms with E-state index in [2.05, 4.69) is 13.8 Å². The zero-order valence-corrected chi connectivity index (χ0v) is 10.7. The summed E-state index contributed by atoms with van der Waals surface area (Å²) in [7, 11) is 3.14. The Morgan fingerprint density at radius 1 is 1.56 bits per heavy atom. The summed E-state index contributed by atoms with van der Waals surface area (Å²) in [4.78, 5) is 24.2. The lowest BCUT2D eigenvalue weighted by atomic mass is 10.5. The first-order valence-corrected chi connectivity index (χ1v) is 6.02. The molecule has 0 bridgehead atoms. The maximum absolute atomic E-state index is 11.5. The number of rotatable bonds is 3. The fourth-order valence-electron chi connectivity index (χ4n) is 1.02. The van der Waals surface area contributed by atoms with E-state index in [1.807, 2.05) is 0 Å². The van der Waals surface area contributed by atoms with Crippen LogP contribution in [-0.4, -0.2) is 35.0 Å². The van der Waals surface area contributed by atoms with E-state index in [0.29, 0.717) is 16.8 Å². The van der Waals surface area contributed by atoms with Gasteiger partial charge in [-0.15, -0.1) is 0 Å². The van der Waals surface area contributed by atoms with Crippen LogP contribution in [0, 0.1) is 0 Å². The van der Waals surface area contributed by atoms with Crippen LogP contribution in [0.4, 0.5) is 4.79 Å². The van der Waals surface area contributed by atoms with Gasteiger partial charge in [-0.05, 0) is 5.25 Å². The Bertz CT molecular complexity index is 420. The van der Waals surface area contributed by atoms with E-state index >= 15 is 0 Å². The van der Waals surface area contributed by atoms with Gasteiger partial charge in [-0.25, -0.2) is 4.79 Å². The molecule has 90 valence electrons. The summed E-state index contributed by atoms with van der Waals surface area (Å²) in [6, 6.07) is 0.891. The van der Waals surface area contributed by atoms with E-state index in [0.717, 1.165) is 4.74 Å². The van der Waals surface area contributed by atoms with Crippen LogP contribution in [0.3, 0.4) is 0 Å². The monoisotopic (exact) mass is 244 g/mol. The molecule has 1 heterocycles. The maximum Gasteiger partial charge on any atom is 0.360 e. The number of thioether (sulfide) groups is 1. The summed E-state index contributed by atoms with van der Waals surface area (Å²) in [6.07, 6.45) is 0. The van der Waals surface area contributed by atoms with Crippen LogP contribution < -0.4 is 5.56 Å². The Morgan fingerprint density at radius 3 is 2.69 bits per heavy atom. The molecule has 6 heteroatoms. The van der Waals surface area contributed by atoms with Crippen molar-refractivity contribution in [3.8, 4) is 0 Å². The largest absolute Gasteiger partial charge is 0.371 e. The molecule has 0 aliphatic rings. The summed E-state index contributed by atoms with van der Waals surface area (Å²) in [5.74, 6) is 1.12. The molecule has 0 radical (unpaired) electrons. The Labute approximate surface area is 98.4 Å². The van der Waals surface area contributed by atoms with E-state index in [1.54, 1.807) is 25.9 Å². The van der Waals surface area contributed by atoms with E-state index in [4.69, 9.17) is 4.52 Å². The molecule has 0 unspecified atom stereocenters. The molecule has 0 atom stereocenters. The zero-order valence-electron chi connectivity index (χ0n) is 9.89. The van der Waals surface area contributed by atoms with Gasteiger partial charge in [0.1, 0.15) is 5.76 Å². The Hall–Kier alpha value is -1.17. The van der Waals surface area contributed by atoms with E-state index in [9.17, 15) is 9.59 Å². The lowest BCUT2D eigenvalue weighted by Gasteiger charge is -2.07. The number of hydrogen-bond acceptors (Lipinski definition) is 4. The highest BCUT2D eigenvalue weighted by Gasteiger charge is 2.15. The minimum absolute atomic E-state index is 0.418. The quantitative estimate of drug-likeness (QED) is 0.810. The van der Waals surface area contributed by atoms with Gasteiger partial charge in [0.25, 0.3) is 5.56 Å². The topological polar surface area (TPSA) is 55.5 Å². The molecule has 0 aliphatic heterocycles. The van der Waals surface area contributed by atoms with Crippen LogP contribution in [-0.2, 0) is 5.75 Å². The van der Waals surface area contributed by atoms with Gasteiger partial charge in [0.15, 0.2) is 0 Å². The third kappa shape index (κ3) is 3.16. The molecule has 0 aromatic carbocycles. The van der Waals surface area contributed by atoms with Crippen molar-refractivity contribution in [2.24, 2.45) is 0 Å². The van der Waals surface area contributed by atoms with E-state index in [1.165, 1.54) is 11.0 Å². The lowest BCUT2D eigenvalue weighted by molar-refractivity contribution is 0.182. The molecule has 16 heavy (non-hydrogen) atoms. The second-order valence-corrected chi connectivity index (χ2v) is 5.44. The normalized spacial score (nSPS) is 10.8. The average molecular weight is 244 g/mol. The van der Waals surface area contributed by atoms with Gasteiger partial charge in [-0.1, -0.05) is 18.6 Å². The standard InChI is InChI=1S/C10H16N2O3S/c1-7(2)16-6-8-5-9(13)12(15-8)10(14)11(3)4/h5,7H,6H2,1-4H3. The number of nitrogens with zero attached hydrogens (tertiary/aromatic N) is 2. The van der Waals surface area contributed by atoms with Crippen molar-refractivity contribution in [1.82, 2.24) is 9.64 Å². The van der Waals surface area contributed by atoms with Crippen LogP contribution in [0.5, 0.6) is 0 Å². The van der Waals surface area contributed by atoms with E-state index < -0.39 is 11.6 Å². The molecular formula is C10H16N2O3S. The predicted octanol–water partition coefficient (Wildman–Crippen LogP) is 1.61. The number of hydrogen-bond donors (Lipinski definition) is 0. The van der Waals surface area contributed by atoms with Crippen LogP contribution in [0.1, 0.15) is 19.6 Å².